The van der Waals surface area contributed by atoms with E-state index in [4.69, 9.17) is 0 Å². The lowest BCUT2D eigenvalue weighted by atomic mass is 9.93. The molecule has 24 heavy (non-hydrogen) atoms. The summed E-state index contributed by atoms with van der Waals surface area (Å²) in [6.07, 6.45) is 9.21. The zero-order chi connectivity index (χ0) is 16.2. The molecule has 0 bridgehead atoms. The van der Waals surface area contributed by atoms with Gasteiger partial charge in [0.05, 0.1) is 0 Å². The molecule has 122 valence electrons. The molecule has 0 saturated carbocycles. The van der Waals surface area contributed by atoms with Gasteiger partial charge in [0, 0.05) is 54.9 Å². The van der Waals surface area contributed by atoms with Crippen LogP contribution in [0.4, 0.5) is 17.0 Å². The largest absolute Gasteiger partial charge is 0.341 e. The third kappa shape index (κ3) is 3.33. The summed E-state index contributed by atoms with van der Waals surface area (Å²) < 4.78 is 0. The number of nitrogens with one attached hydrogen (secondary N) is 1. The molecule has 1 aliphatic heterocycles. The molecule has 8 heteroatoms. The molecule has 7 nitrogen and oxygen atoms in total. The van der Waals surface area contributed by atoms with Gasteiger partial charge in [-0.2, -0.15) is 0 Å². The molecular weight excluding hydrogens is 322 g/mol. The standard InChI is InChI=1S/C16H17N7S/c1-5-18-15(19-6-1)23-9-3-12(4-10-23)13-2-7-17-14(21-13)22-16-20-8-11-24-16/h1-2,5-8,11-12H,3-4,9-10H2,(H,17,20,21,22). The van der Waals surface area contributed by atoms with Crippen LogP contribution in [0.5, 0.6) is 0 Å². The molecule has 4 rings (SSSR count). The van der Waals surface area contributed by atoms with E-state index in [-0.39, 0.29) is 0 Å². The number of anilines is 3. The Hall–Kier alpha value is -2.61. The number of rotatable bonds is 4. The van der Waals surface area contributed by atoms with Crippen molar-refractivity contribution in [1.29, 1.82) is 0 Å². The van der Waals surface area contributed by atoms with Crippen LogP contribution in [0.2, 0.25) is 0 Å². The molecule has 1 saturated heterocycles. The van der Waals surface area contributed by atoms with Crippen LogP contribution < -0.4 is 10.2 Å². The van der Waals surface area contributed by atoms with Gasteiger partial charge in [0.25, 0.3) is 0 Å². The van der Waals surface area contributed by atoms with E-state index >= 15 is 0 Å². The van der Waals surface area contributed by atoms with Crippen LogP contribution in [-0.2, 0) is 0 Å². The van der Waals surface area contributed by atoms with Gasteiger partial charge in [-0.05, 0) is 25.0 Å². The summed E-state index contributed by atoms with van der Waals surface area (Å²) >= 11 is 1.53. The highest BCUT2D eigenvalue weighted by atomic mass is 32.1. The molecular formula is C16H17N7S. The normalized spacial score (nSPS) is 15.4. The minimum atomic E-state index is 0.435. The van der Waals surface area contributed by atoms with Gasteiger partial charge in [0.15, 0.2) is 5.13 Å². The molecule has 0 aromatic carbocycles. The molecule has 0 radical (unpaired) electrons. The molecule has 3 aromatic heterocycles. The predicted octanol–water partition coefficient (Wildman–Crippen LogP) is 2.85. The minimum absolute atomic E-state index is 0.435. The highest BCUT2D eigenvalue weighted by Gasteiger charge is 2.23. The lowest BCUT2D eigenvalue weighted by Gasteiger charge is -2.31. The smallest absolute Gasteiger partial charge is 0.229 e. The molecule has 0 spiro atoms. The van der Waals surface area contributed by atoms with E-state index in [1.807, 2.05) is 23.7 Å². The maximum Gasteiger partial charge on any atom is 0.229 e. The molecule has 4 heterocycles. The van der Waals surface area contributed by atoms with Gasteiger partial charge < -0.3 is 10.2 Å². The molecule has 0 atom stereocenters. The van der Waals surface area contributed by atoms with Crippen molar-refractivity contribution < 1.29 is 0 Å². The molecule has 3 aromatic rings. The number of hydrogen-bond acceptors (Lipinski definition) is 8. The van der Waals surface area contributed by atoms with Gasteiger partial charge in [-0.15, -0.1) is 11.3 Å². The van der Waals surface area contributed by atoms with Crippen molar-refractivity contribution in [2.45, 2.75) is 18.8 Å². The van der Waals surface area contributed by atoms with Crippen molar-refractivity contribution in [2.24, 2.45) is 0 Å². The van der Waals surface area contributed by atoms with Crippen LogP contribution in [-0.4, -0.2) is 38.0 Å². The van der Waals surface area contributed by atoms with Crippen LogP contribution in [0.1, 0.15) is 24.5 Å². The number of hydrogen-bond donors (Lipinski definition) is 1. The first kappa shape index (κ1) is 14.9. The van der Waals surface area contributed by atoms with Crippen molar-refractivity contribution in [1.82, 2.24) is 24.9 Å². The Morgan fingerprint density at radius 3 is 2.58 bits per heavy atom. The maximum absolute atomic E-state index is 4.66. The summed E-state index contributed by atoms with van der Waals surface area (Å²) in [5.41, 5.74) is 1.08. The van der Waals surface area contributed by atoms with E-state index in [2.05, 4.69) is 35.1 Å². The fourth-order valence-corrected chi connectivity index (χ4v) is 3.39. The van der Waals surface area contributed by atoms with Crippen molar-refractivity contribution in [2.75, 3.05) is 23.3 Å². The van der Waals surface area contributed by atoms with Crippen LogP contribution in [0, 0.1) is 0 Å². The Kier molecular flexibility index (Phi) is 4.28. The minimum Gasteiger partial charge on any atom is -0.341 e. The lowest BCUT2D eigenvalue weighted by Crippen LogP contribution is -2.34. The lowest BCUT2D eigenvalue weighted by molar-refractivity contribution is 0.490. The second-order valence-corrected chi connectivity index (χ2v) is 6.47. The van der Waals surface area contributed by atoms with Crippen LogP contribution >= 0.6 is 11.3 Å². The van der Waals surface area contributed by atoms with Crippen molar-refractivity contribution in [3.05, 3.63) is 48.0 Å². The van der Waals surface area contributed by atoms with Crippen LogP contribution in [0.25, 0.3) is 0 Å². The number of nitrogens with zero attached hydrogens (tertiary/aromatic N) is 6. The maximum atomic E-state index is 4.66. The van der Waals surface area contributed by atoms with E-state index in [0.29, 0.717) is 11.9 Å². The third-order valence-electron chi connectivity index (χ3n) is 4.08. The summed E-state index contributed by atoms with van der Waals surface area (Å²) in [5, 5.41) is 5.89. The summed E-state index contributed by atoms with van der Waals surface area (Å²) in [4.78, 5) is 24.0. The van der Waals surface area contributed by atoms with Crippen LogP contribution in [0.3, 0.4) is 0 Å². The first-order valence-electron chi connectivity index (χ1n) is 7.90. The van der Waals surface area contributed by atoms with E-state index in [1.165, 1.54) is 11.3 Å². The zero-order valence-corrected chi connectivity index (χ0v) is 13.9. The SMILES string of the molecule is c1cnc(N2CCC(c3ccnc(Nc4nccs4)n3)CC2)nc1. The van der Waals surface area contributed by atoms with Crippen molar-refractivity contribution in [3.8, 4) is 0 Å². The van der Waals surface area contributed by atoms with E-state index in [1.54, 1.807) is 18.6 Å². The van der Waals surface area contributed by atoms with Gasteiger partial charge >= 0.3 is 0 Å². The van der Waals surface area contributed by atoms with Crippen molar-refractivity contribution >= 4 is 28.4 Å². The van der Waals surface area contributed by atoms with Crippen molar-refractivity contribution in [3.63, 3.8) is 0 Å². The quantitative estimate of drug-likeness (QED) is 0.783. The van der Waals surface area contributed by atoms with Gasteiger partial charge in [0.1, 0.15) is 0 Å². The molecule has 0 amide bonds. The Morgan fingerprint density at radius 1 is 1.00 bits per heavy atom. The molecule has 0 aliphatic carbocycles. The zero-order valence-electron chi connectivity index (χ0n) is 13.0. The highest BCUT2D eigenvalue weighted by molar-refractivity contribution is 7.13. The molecule has 1 aliphatic rings. The summed E-state index contributed by atoms with van der Waals surface area (Å²) in [6, 6.07) is 3.85. The average molecular weight is 339 g/mol. The van der Waals surface area contributed by atoms with E-state index in [0.717, 1.165) is 42.7 Å². The Morgan fingerprint density at radius 2 is 1.83 bits per heavy atom. The molecule has 1 fully saturated rings. The fourth-order valence-electron chi connectivity index (χ4n) is 2.87. The van der Waals surface area contributed by atoms with Gasteiger partial charge in [-0.3, -0.25) is 0 Å². The average Bonchev–Trinajstić information content (AvgIpc) is 3.16. The van der Waals surface area contributed by atoms with E-state index in [9.17, 15) is 0 Å². The number of thiazole rings is 1. The number of piperidine rings is 1. The second-order valence-electron chi connectivity index (χ2n) is 5.58. The monoisotopic (exact) mass is 339 g/mol. The Bertz CT molecular complexity index is 770. The summed E-state index contributed by atoms with van der Waals surface area (Å²) in [6.45, 7) is 1.88. The van der Waals surface area contributed by atoms with Gasteiger partial charge in [-0.25, -0.2) is 24.9 Å². The van der Waals surface area contributed by atoms with Crippen LogP contribution in [0.15, 0.2) is 42.3 Å². The predicted molar refractivity (Wildman–Crippen MR) is 93.6 cm³/mol. The third-order valence-corrected chi connectivity index (χ3v) is 4.76. The second kappa shape index (κ2) is 6.88. The van der Waals surface area contributed by atoms with E-state index < -0.39 is 0 Å². The summed E-state index contributed by atoms with van der Waals surface area (Å²) in [7, 11) is 0. The Labute approximate surface area is 143 Å². The summed E-state index contributed by atoms with van der Waals surface area (Å²) in [5.74, 6) is 1.85. The first-order valence-corrected chi connectivity index (χ1v) is 8.78. The van der Waals surface area contributed by atoms with Gasteiger partial charge in [-0.1, -0.05) is 0 Å². The topological polar surface area (TPSA) is 79.7 Å². The molecule has 1 N–H and O–H groups in total. The highest BCUT2D eigenvalue weighted by Crippen LogP contribution is 2.28. The number of aromatic nitrogens is 5. The Balaban J connectivity index is 1.42. The fraction of sp³-hybridized carbons (Fsp3) is 0.312. The molecule has 0 unspecified atom stereocenters. The first-order chi connectivity index (χ1) is 11.9. The van der Waals surface area contributed by atoms with Gasteiger partial charge in [0.2, 0.25) is 11.9 Å².